The van der Waals surface area contributed by atoms with E-state index in [-0.39, 0.29) is 5.82 Å². The van der Waals surface area contributed by atoms with Gasteiger partial charge in [-0.3, -0.25) is 0 Å². The van der Waals surface area contributed by atoms with E-state index in [4.69, 9.17) is 0 Å². The molecule has 2 nitrogen and oxygen atoms in total. The molecule has 2 atom stereocenters. The van der Waals surface area contributed by atoms with Crippen LogP contribution in [-0.4, -0.2) is 30.6 Å². The molecule has 1 aromatic carbocycles. The van der Waals surface area contributed by atoms with E-state index in [1.54, 1.807) is 6.07 Å². The average molecular weight is 348 g/mol. The Hall–Kier alpha value is -0.360. The molecule has 0 bridgehead atoms. The van der Waals surface area contributed by atoms with Crippen LogP contribution < -0.4 is 5.32 Å². The van der Waals surface area contributed by atoms with Gasteiger partial charge in [0.2, 0.25) is 0 Å². The number of benzene rings is 1. The van der Waals surface area contributed by atoms with Crippen molar-refractivity contribution < 1.29 is 4.39 Å². The number of piperidine rings is 1. The average Bonchev–Trinajstić information content (AvgIpc) is 2.27. The van der Waals surface area contributed by atoms with Crippen molar-refractivity contribution in [2.45, 2.75) is 31.8 Å². The number of hydrogen-bond acceptors (Lipinski definition) is 2. The van der Waals surface area contributed by atoms with Crippen LogP contribution in [-0.2, 0) is 0 Å². The normalized spacial score (nSPS) is 25.9. The van der Waals surface area contributed by atoms with Gasteiger partial charge in [-0.05, 0) is 67.6 Å². The van der Waals surface area contributed by atoms with Crippen LogP contribution in [0.2, 0.25) is 0 Å². The van der Waals surface area contributed by atoms with Crippen molar-refractivity contribution in [3.05, 3.63) is 27.6 Å². The Labute approximate surface area is 116 Å². The van der Waals surface area contributed by atoms with Gasteiger partial charge in [-0.1, -0.05) is 0 Å². The minimum Gasteiger partial charge on any atom is -0.381 e. The summed E-state index contributed by atoms with van der Waals surface area (Å²) in [7, 11) is 2.17. The highest BCUT2D eigenvalue weighted by atomic mass is 127. The molecular weight excluding hydrogens is 330 g/mol. The van der Waals surface area contributed by atoms with Crippen molar-refractivity contribution in [3.63, 3.8) is 0 Å². The molecule has 17 heavy (non-hydrogen) atoms. The standard InChI is InChI=1S/C13H18FIN2/c1-9-7-11(5-6-17(9)2)16-13-4-3-10(14)8-12(13)15/h3-4,8-9,11,16H,5-7H2,1-2H3. The number of hydrogen-bond donors (Lipinski definition) is 1. The van der Waals surface area contributed by atoms with Gasteiger partial charge in [-0.15, -0.1) is 0 Å². The fraction of sp³-hybridized carbons (Fsp3) is 0.538. The first-order valence-electron chi connectivity index (χ1n) is 5.98. The van der Waals surface area contributed by atoms with Crippen molar-refractivity contribution in [3.8, 4) is 0 Å². The summed E-state index contributed by atoms with van der Waals surface area (Å²) in [6.45, 7) is 3.38. The Morgan fingerprint density at radius 1 is 1.47 bits per heavy atom. The SMILES string of the molecule is CC1CC(Nc2ccc(F)cc2I)CCN1C. The van der Waals surface area contributed by atoms with Crippen molar-refractivity contribution >= 4 is 28.3 Å². The third-order valence-electron chi connectivity index (χ3n) is 3.50. The molecule has 2 unspecified atom stereocenters. The lowest BCUT2D eigenvalue weighted by Gasteiger charge is -2.36. The predicted molar refractivity (Wildman–Crippen MR) is 77.9 cm³/mol. The van der Waals surface area contributed by atoms with Crippen molar-refractivity contribution in [1.29, 1.82) is 0 Å². The highest BCUT2D eigenvalue weighted by molar-refractivity contribution is 14.1. The first-order chi connectivity index (χ1) is 8.06. The van der Waals surface area contributed by atoms with E-state index in [0.717, 1.165) is 28.6 Å². The summed E-state index contributed by atoms with van der Waals surface area (Å²) in [6, 6.07) is 6.03. The van der Waals surface area contributed by atoms with E-state index >= 15 is 0 Å². The number of nitrogens with one attached hydrogen (secondary N) is 1. The zero-order valence-electron chi connectivity index (χ0n) is 10.2. The summed E-state index contributed by atoms with van der Waals surface area (Å²) < 4.78 is 14.0. The Bertz CT molecular complexity index is 397. The summed E-state index contributed by atoms with van der Waals surface area (Å²) >= 11 is 2.18. The minimum atomic E-state index is -0.170. The lowest BCUT2D eigenvalue weighted by Crippen LogP contribution is -2.42. The molecule has 0 saturated carbocycles. The molecule has 1 aromatic rings. The minimum absolute atomic E-state index is 0.170. The van der Waals surface area contributed by atoms with Crippen LogP contribution in [0.25, 0.3) is 0 Å². The second-order valence-corrected chi connectivity index (χ2v) is 5.98. The zero-order chi connectivity index (χ0) is 12.4. The Morgan fingerprint density at radius 2 is 2.24 bits per heavy atom. The summed E-state index contributed by atoms with van der Waals surface area (Å²) in [6.07, 6.45) is 2.29. The van der Waals surface area contributed by atoms with Gasteiger partial charge in [0.1, 0.15) is 5.82 Å². The van der Waals surface area contributed by atoms with Crippen LogP contribution >= 0.6 is 22.6 Å². The van der Waals surface area contributed by atoms with Gasteiger partial charge >= 0.3 is 0 Å². The summed E-state index contributed by atoms with van der Waals surface area (Å²) in [5.41, 5.74) is 1.05. The smallest absolute Gasteiger partial charge is 0.124 e. The molecule has 1 N–H and O–H groups in total. The second-order valence-electron chi connectivity index (χ2n) is 4.82. The largest absolute Gasteiger partial charge is 0.381 e. The lowest BCUT2D eigenvalue weighted by atomic mass is 9.99. The first kappa shape index (κ1) is 13.1. The van der Waals surface area contributed by atoms with E-state index in [1.807, 2.05) is 6.07 Å². The number of likely N-dealkylation sites (tertiary alicyclic amines) is 1. The zero-order valence-corrected chi connectivity index (χ0v) is 12.4. The predicted octanol–water partition coefficient (Wildman–Crippen LogP) is 3.32. The van der Waals surface area contributed by atoms with Crippen molar-refractivity contribution in [2.75, 3.05) is 18.9 Å². The molecule has 1 saturated heterocycles. The van der Waals surface area contributed by atoms with Crippen LogP contribution in [0.5, 0.6) is 0 Å². The molecule has 1 aliphatic heterocycles. The maximum atomic E-state index is 13.0. The number of nitrogens with zero attached hydrogens (tertiary/aromatic N) is 1. The fourth-order valence-electron chi connectivity index (χ4n) is 2.25. The molecule has 1 fully saturated rings. The number of anilines is 1. The first-order valence-corrected chi connectivity index (χ1v) is 7.06. The van der Waals surface area contributed by atoms with Gasteiger partial charge in [-0.25, -0.2) is 4.39 Å². The third kappa shape index (κ3) is 3.31. The molecule has 1 heterocycles. The van der Waals surface area contributed by atoms with Crippen LogP contribution in [0.15, 0.2) is 18.2 Å². The van der Waals surface area contributed by atoms with Gasteiger partial charge in [0.15, 0.2) is 0 Å². The second kappa shape index (κ2) is 5.52. The lowest BCUT2D eigenvalue weighted by molar-refractivity contribution is 0.190. The molecule has 2 rings (SSSR count). The van der Waals surface area contributed by atoms with Crippen LogP contribution in [0.3, 0.4) is 0 Å². The van der Waals surface area contributed by atoms with E-state index in [0.29, 0.717) is 12.1 Å². The molecule has 0 aromatic heterocycles. The Morgan fingerprint density at radius 3 is 2.88 bits per heavy atom. The molecule has 0 radical (unpaired) electrons. The van der Waals surface area contributed by atoms with Gasteiger partial charge in [0, 0.05) is 27.9 Å². The summed E-state index contributed by atoms with van der Waals surface area (Å²) in [5.74, 6) is -0.170. The summed E-state index contributed by atoms with van der Waals surface area (Å²) in [5, 5.41) is 3.53. The van der Waals surface area contributed by atoms with Crippen molar-refractivity contribution in [2.24, 2.45) is 0 Å². The van der Waals surface area contributed by atoms with Crippen LogP contribution in [0, 0.1) is 9.39 Å². The molecule has 1 aliphatic rings. The molecule has 0 spiro atoms. The molecular formula is C13H18FIN2. The molecule has 94 valence electrons. The van der Waals surface area contributed by atoms with E-state index in [1.165, 1.54) is 6.07 Å². The quantitative estimate of drug-likeness (QED) is 0.825. The fourth-order valence-corrected chi connectivity index (χ4v) is 2.88. The van der Waals surface area contributed by atoms with E-state index in [9.17, 15) is 4.39 Å². The topological polar surface area (TPSA) is 15.3 Å². The number of rotatable bonds is 2. The Kier molecular flexibility index (Phi) is 4.25. The van der Waals surface area contributed by atoms with E-state index in [2.05, 4.69) is 46.8 Å². The molecule has 0 aliphatic carbocycles. The number of halogens is 2. The van der Waals surface area contributed by atoms with Gasteiger partial charge in [0.25, 0.3) is 0 Å². The van der Waals surface area contributed by atoms with Crippen LogP contribution in [0.1, 0.15) is 19.8 Å². The Balaban J connectivity index is 2.01. The third-order valence-corrected chi connectivity index (χ3v) is 4.39. The highest BCUT2D eigenvalue weighted by Gasteiger charge is 2.22. The van der Waals surface area contributed by atoms with Crippen molar-refractivity contribution in [1.82, 2.24) is 4.90 Å². The van der Waals surface area contributed by atoms with Gasteiger partial charge in [-0.2, -0.15) is 0 Å². The molecule has 4 heteroatoms. The monoisotopic (exact) mass is 348 g/mol. The summed E-state index contributed by atoms with van der Waals surface area (Å²) in [4.78, 5) is 2.38. The molecule has 0 amide bonds. The van der Waals surface area contributed by atoms with Gasteiger partial charge < -0.3 is 10.2 Å². The maximum Gasteiger partial charge on any atom is 0.124 e. The van der Waals surface area contributed by atoms with Gasteiger partial charge in [0.05, 0.1) is 0 Å². The maximum absolute atomic E-state index is 13.0. The highest BCUT2D eigenvalue weighted by Crippen LogP contribution is 2.24. The van der Waals surface area contributed by atoms with Crippen LogP contribution in [0.4, 0.5) is 10.1 Å². The van der Waals surface area contributed by atoms with E-state index < -0.39 is 0 Å².